The first-order valence-electron chi connectivity index (χ1n) is 8.26. The summed E-state index contributed by atoms with van der Waals surface area (Å²) >= 11 is 0. The van der Waals surface area contributed by atoms with Gasteiger partial charge in [0.1, 0.15) is 23.7 Å². The summed E-state index contributed by atoms with van der Waals surface area (Å²) in [6.07, 6.45) is 2.51. The predicted molar refractivity (Wildman–Crippen MR) is 86.2 cm³/mol. The highest BCUT2D eigenvalue weighted by atomic mass is 16.5. The number of hydrogen-bond donors (Lipinski definition) is 0. The van der Waals surface area contributed by atoms with Gasteiger partial charge in [-0.3, -0.25) is 9.48 Å². The van der Waals surface area contributed by atoms with E-state index in [0.717, 1.165) is 24.5 Å². The molecule has 1 unspecified atom stereocenters. The maximum Gasteiger partial charge on any atom is 0.272 e. The lowest BCUT2D eigenvalue weighted by atomic mass is 10.1. The zero-order valence-electron chi connectivity index (χ0n) is 13.3. The van der Waals surface area contributed by atoms with Crippen LogP contribution in [0.1, 0.15) is 35.9 Å². The molecule has 2 aliphatic rings. The molecule has 1 aromatic heterocycles. The Morgan fingerprint density at radius 2 is 2.04 bits per heavy atom. The number of nitrogens with zero attached hydrogens (tertiary/aromatic N) is 3. The number of para-hydroxylation sites is 1. The van der Waals surface area contributed by atoms with E-state index in [9.17, 15) is 4.79 Å². The van der Waals surface area contributed by atoms with Crippen LogP contribution in [0.2, 0.25) is 0 Å². The number of rotatable bonds is 5. The van der Waals surface area contributed by atoms with Crippen LogP contribution in [-0.4, -0.2) is 33.2 Å². The number of carbonyl (C=O) groups is 1. The lowest BCUT2D eigenvalue weighted by Gasteiger charge is -2.33. The quantitative estimate of drug-likeness (QED) is 0.853. The number of fused-ring (bicyclic) bond motifs is 1. The number of carbonyl (C=O) groups excluding carboxylic acids is 1. The Bertz CT molecular complexity index is 706. The first kappa shape index (κ1) is 14.3. The molecule has 1 fully saturated rings. The zero-order chi connectivity index (χ0) is 15.8. The van der Waals surface area contributed by atoms with E-state index < -0.39 is 0 Å². The van der Waals surface area contributed by atoms with Gasteiger partial charge in [0.2, 0.25) is 0 Å². The van der Waals surface area contributed by atoms with Gasteiger partial charge in [0.25, 0.3) is 5.91 Å². The molecule has 2 aromatic rings. The summed E-state index contributed by atoms with van der Waals surface area (Å²) in [4.78, 5) is 14.7. The minimum absolute atomic E-state index is 0.106. The highest BCUT2D eigenvalue weighted by Gasteiger charge is 2.35. The van der Waals surface area contributed by atoms with Gasteiger partial charge < -0.3 is 9.64 Å². The first-order valence-corrected chi connectivity index (χ1v) is 8.26. The van der Waals surface area contributed by atoms with E-state index >= 15 is 0 Å². The third-order valence-electron chi connectivity index (χ3n) is 4.56. The van der Waals surface area contributed by atoms with Crippen LogP contribution >= 0.6 is 0 Å². The van der Waals surface area contributed by atoms with Crippen LogP contribution in [0.4, 0.5) is 0 Å². The summed E-state index contributed by atoms with van der Waals surface area (Å²) in [7, 11) is 0. The van der Waals surface area contributed by atoms with Crippen LogP contribution in [0.5, 0.6) is 5.75 Å². The second-order valence-electron chi connectivity index (χ2n) is 6.55. The fourth-order valence-corrected chi connectivity index (χ4v) is 3.06. The molecule has 23 heavy (non-hydrogen) atoms. The largest absolute Gasteiger partial charge is 0.487 e. The van der Waals surface area contributed by atoms with Gasteiger partial charge >= 0.3 is 0 Å². The molecular weight excluding hydrogens is 290 g/mol. The van der Waals surface area contributed by atoms with Crippen LogP contribution in [0.15, 0.2) is 36.4 Å². The minimum Gasteiger partial charge on any atom is -0.487 e. The smallest absolute Gasteiger partial charge is 0.272 e. The Kier molecular flexibility index (Phi) is 3.56. The van der Waals surface area contributed by atoms with Gasteiger partial charge in [-0.1, -0.05) is 18.2 Å². The van der Waals surface area contributed by atoms with Crippen molar-refractivity contribution < 1.29 is 9.53 Å². The maximum atomic E-state index is 12.7. The van der Waals surface area contributed by atoms with Crippen LogP contribution in [0.25, 0.3) is 0 Å². The van der Waals surface area contributed by atoms with Gasteiger partial charge in [-0.15, -0.1) is 0 Å². The standard InChI is InChI=1S/C18H21N3O2/c1-13-10-21-17(18(22)20(13)11-14-7-8-14)9-15(19-21)12-23-16-5-3-2-4-6-16/h2-6,9,13-14H,7-8,10-12H2,1H3. The lowest BCUT2D eigenvalue weighted by molar-refractivity contribution is 0.0592. The number of benzene rings is 1. The van der Waals surface area contributed by atoms with Gasteiger partial charge in [0, 0.05) is 12.6 Å². The van der Waals surface area contributed by atoms with Gasteiger partial charge in [-0.25, -0.2) is 0 Å². The number of aromatic nitrogens is 2. The van der Waals surface area contributed by atoms with Crippen LogP contribution < -0.4 is 4.74 Å². The number of ether oxygens (including phenoxy) is 1. The predicted octanol–water partition coefficient (Wildman–Crippen LogP) is 2.72. The lowest BCUT2D eigenvalue weighted by Crippen LogP contribution is -2.47. The maximum absolute atomic E-state index is 12.7. The summed E-state index contributed by atoms with van der Waals surface area (Å²) < 4.78 is 7.57. The Hall–Kier alpha value is -2.30. The molecule has 5 nitrogen and oxygen atoms in total. The molecule has 2 heterocycles. The molecule has 4 rings (SSSR count). The molecule has 0 saturated heterocycles. The summed E-state index contributed by atoms with van der Waals surface area (Å²) in [5, 5.41) is 4.54. The third kappa shape index (κ3) is 2.96. The van der Waals surface area contributed by atoms with E-state index in [1.54, 1.807) is 0 Å². The molecule has 0 bridgehead atoms. The Balaban J connectivity index is 1.48. The van der Waals surface area contributed by atoms with Crippen LogP contribution in [0.3, 0.4) is 0 Å². The van der Waals surface area contributed by atoms with Crippen LogP contribution in [0, 0.1) is 5.92 Å². The fourth-order valence-electron chi connectivity index (χ4n) is 3.06. The first-order chi connectivity index (χ1) is 11.2. The van der Waals surface area contributed by atoms with E-state index in [1.165, 1.54) is 12.8 Å². The van der Waals surface area contributed by atoms with Crippen molar-refractivity contribution in [3.05, 3.63) is 47.8 Å². The van der Waals surface area contributed by atoms with Gasteiger partial charge in [0.15, 0.2) is 0 Å². The minimum atomic E-state index is 0.106. The van der Waals surface area contributed by atoms with E-state index in [0.29, 0.717) is 18.2 Å². The summed E-state index contributed by atoms with van der Waals surface area (Å²) in [6, 6.07) is 11.7. The molecule has 1 amide bonds. The van der Waals surface area contributed by atoms with Crippen LogP contribution in [-0.2, 0) is 13.2 Å². The van der Waals surface area contributed by atoms with Crippen molar-refractivity contribution >= 4 is 5.91 Å². The average molecular weight is 311 g/mol. The monoisotopic (exact) mass is 311 g/mol. The van der Waals surface area contributed by atoms with E-state index in [2.05, 4.69) is 12.0 Å². The second kappa shape index (κ2) is 5.72. The Morgan fingerprint density at radius 1 is 1.26 bits per heavy atom. The molecule has 0 N–H and O–H groups in total. The van der Waals surface area contributed by atoms with Gasteiger partial charge in [-0.2, -0.15) is 5.10 Å². The molecule has 0 spiro atoms. The molecule has 1 aromatic carbocycles. The van der Waals surface area contributed by atoms with Crippen molar-refractivity contribution in [2.75, 3.05) is 6.54 Å². The third-order valence-corrected chi connectivity index (χ3v) is 4.56. The van der Waals surface area contributed by atoms with Crippen molar-refractivity contribution in [1.82, 2.24) is 14.7 Å². The van der Waals surface area contributed by atoms with Gasteiger partial charge in [-0.05, 0) is 43.9 Å². The van der Waals surface area contributed by atoms with E-state index in [-0.39, 0.29) is 11.9 Å². The molecule has 1 atom stereocenters. The van der Waals surface area contributed by atoms with Crippen molar-refractivity contribution in [2.24, 2.45) is 5.92 Å². The van der Waals surface area contributed by atoms with Crippen molar-refractivity contribution in [2.45, 2.75) is 39.0 Å². The molecule has 1 aliphatic carbocycles. The summed E-state index contributed by atoms with van der Waals surface area (Å²) in [6.45, 7) is 4.14. The molecule has 120 valence electrons. The normalized spacial score (nSPS) is 20.5. The van der Waals surface area contributed by atoms with Crippen molar-refractivity contribution in [3.63, 3.8) is 0 Å². The van der Waals surface area contributed by atoms with Crippen molar-refractivity contribution in [1.29, 1.82) is 0 Å². The number of hydrogen-bond acceptors (Lipinski definition) is 3. The summed E-state index contributed by atoms with van der Waals surface area (Å²) in [5.41, 5.74) is 1.49. The molecule has 1 aliphatic heterocycles. The topological polar surface area (TPSA) is 47.4 Å². The Morgan fingerprint density at radius 3 is 2.78 bits per heavy atom. The molecule has 0 radical (unpaired) electrons. The SMILES string of the molecule is CC1Cn2nc(COc3ccccc3)cc2C(=O)N1CC1CC1. The fraction of sp³-hybridized carbons (Fsp3) is 0.444. The second-order valence-corrected chi connectivity index (χ2v) is 6.55. The van der Waals surface area contributed by atoms with Gasteiger partial charge in [0.05, 0.1) is 6.54 Å². The molecular formula is C18H21N3O2. The number of amides is 1. The molecule has 1 saturated carbocycles. The Labute approximate surface area is 135 Å². The van der Waals surface area contributed by atoms with E-state index in [1.807, 2.05) is 46.0 Å². The summed E-state index contributed by atoms with van der Waals surface area (Å²) in [5.74, 6) is 1.62. The highest BCUT2D eigenvalue weighted by molar-refractivity contribution is 5.93. The highest BCUT2D eigenvalue weighted by Crippen LogP contribution is 2.32. The molecule has 5 heteroatoms. The zero-order valence-corrected chi connectivity index (χ0v) is 13.3. The van der Waals surface area contributed by atoms with E-state index in [4.69, 9.17) is 4.74 Å². The average Bonchev–Trinajstić information content (AvgIpc) is 3.29. The van der Waals surface area contributed by atoms with Crippen molar-refractivity contribution in [3.8, 4) is 5.75 Å².